The molecule has 0 saturated carbocycles. The number of aromatic nitrogens is 2. The number of rotatable bonds is 3. The van der Waals surface area contributed by atoms with Crippen molar-refractivity contribution in [2.45, 2.75) is 27.7 Å². The first-order valence-electron chi connectivity index (χ1n) is 9.24. The van der Waals surface area contributed by atoms with Crippen LogP contribution in [0.2, 0.25) is 0 Å². The highest BCUT2D eigenvalue weighted by atomic mass is 32.1. The molecule has 0 aliphatic carbocycles. The number of hydrogen-bond acceptors (Lipinski definition) is 5. The van der Waals surface area contributed by atoms with Crippen LogP contribution in [0.1, 0.15) is 32.0 Å². The van der Waals surface area contributed by atoms with Gasteiger partial charge in [0, 0.05) is 11.6 Å². The fourth-order valence-electron chi connectivity index (χ4n) is 2.77. The minimum atomic E-state index is -0.820. The summed E-state index contributed by atoms with van der Waals surface area (Å²) in [5.41, 5.74) is -0.155. The van der Waals surface area contributed by atoms with E-state index >= 15 is 0 Å². The predicted molar refractivity (Wildman–Crippen MR) is 115 cm³/mol. The van der Waals surface area contributed by atoms with Crippen LogP contribution in [0.4, 0.5) is 4.39 Å². The summed E-state index contributed by atoms with van der Waals surface area (Å²) in [5, 5.41) is 9.76. The van der Waals surface area contributed by atoms with Gasteiger partial charge in [0.1, 0.15) is 22.1 Å². The fraction of sp³-hybridized carbons (Fsp3) is 0.217. The summed E-state index contributed by atoms with van der Waals surface area (Å²) in [6, 6.07) is 11.6. The van der Waals surface area contributed by atoms with Crippen LogP contribution in [-0.2, 0) is 4.79 Å². The summed E-state index contributed by atoms with van der Waals surface area (Å²) >= 11 is 1.02. The number of ketones is 1. The largest absolute Gasteiger partial charge is 0.293 e. The molecule has 0 saturated heterocycles. The van der Waals surface area contributed by atoms with Gasteiger partial charge in [0.2, 0.25) is 0 Å². The van der Waals surface area contributed by atoms with Gasteiger partial charge in [-0.05, 0) is 42.8 Å². The molecule has 30 heavy (non-hydrogen) atoms. The second-order valence-corrected chi connectivity index (χ2v) is 8.84. The first-order chi connectivity index (χ1) is 14.1. The molecule has 2 aromatic heterocycles. The molecular formula is C23H20FN3O2S. The topological polar surface area (TPSA) is 75.8 Å². The van der Waals surface area contributed by atoms with Crippen LogP contribution in [0.25, 0.3) is 17.3 Å². The van der Waals surface area contributed by atoms with Crippen LogP contribution in [0.15, 0.2) is 47.4 Å². The van der Waals surface area contributed by atoms with Gasteiger partial charge in [0.05, 0.1) is 15.9 Å². The fourth-order valence-corrected chi connectivity index (χ4v) is 3.86. The molecule has 0 fully saturated rings. The van der Waals surface area contributed by atoms with E-state index in [4.69, 9.17) is 0 Å². The summed E-state index contributed by atoms with van der Waals surface area (Å²) in [6.45, 7) is 6.73. The molecule has 3 aromatic rings. The third-order valence-corrected chi connectivity index (χ3v) is 5.53. The van der Waals surface area contributed by atoms with Crippen molar-refractivity contribution in [2.75, 3.05) is 0 Å². The number of carbonyl (C=O) groups excluding carboxylic acids is 1. The lowest BCUT2D eigenvalue weighted by Crippen LogP contribution is -2.33. The third kappa shape index (κ3) is 4.14. The lowest BCUT2D eigenvalue weighted by atomic mass is 9.87. The van der Waals surface area contributed by atoms with Gasteiger partial charge in [-0.1, -0.05) is 32.9 Å². The molecule has 0 amide bonds. The highest BCUT2D eigenvalue weighted by Crippen LogP contribution is 2.20. The van der Waals surface area contributed by atoms with Gasteiger partial charge < -0.3 is 0 Å². The SMILES string of the molecule is Cc1ccc(-n2c(=O)/c(=C\c3ccccn3)s/c2=C(/C#N)C(=O)C(C)(C)C)cc1F. The highest BCUT2D eigenvalue weighted by molar-refractivity contribution is 7.07. The van der Waals surface area contributed by atoms with E-state index in [1.165, 1.54) is 10.6 Å². The smallest absolute Gasteiger partial charge is 0.273 e. The lowest BCUT2D eigenvalue weighted by Gasteiger charge is -2.15. The van der Waals surface area contributed by atoms with Crippen molar-refractivity contribution in [3.63, 3.8) is 0 Å². The van der Waals surface area contributed by atoms with Gasteiger partial charge in [0.25, 0.3) is 5.56 Å². The van der Waals surface area contributed by atoms with Gasteiger partial charge in [-0.3, -0.25) is 19.1 Å². The molecule has 2 heterocycles. The molecule has 152 valence electrons. The Morgan fingerprint density at radius 2 is 2.00 bits per heavy atom. The average molecular weight is 421 g/mol. The van der Waals surface area contributed by atoms with Crippen molar-refractivity contribution < 1.29 is 9.18 Å². The van der Waals surface area contributed by atoms with Crippen molar-refractivity contribution in [3.8, 4) is 11.8 Å². The maximum atomic E-state index is 14.2. The molecule has 0 unspecified atom stereocenters. The Balaban J connectivity index is 2.46. The van der Waals surface area contributed by atoms with Crippen molar-refractivity contribution in [1.29, 1.82) is 5.26 Å². The van der Waals surface area contributed by atoms with E-state index in [1.807, 2.05) is 6.07 Å². The van der Waals surface area contributed by atoms with Gasteiger partial charge >= 0.3 is 0 Å². The summed E-state index contributed by atoms with van der Waals surface area (Å²) in [6.07, 6.45) is 3.19. The molecule has 1 aromatic carbocycles. The normalized spacial score (nSPS) is 13.1. The summed E-state index contributed by atoms with van der Waals surface area (Å²) in [4.78, 5) is 30.4. The van der Waals surface area contributed by atoms with Crippen LogP contribution >= 0.6 is 11.3 Å². The number of carbonyl (C=O) groups is 1. The van der Waals surface area contributed by atoms with Crippen LogP contribution in [-0.4, -0.2) is 15.3 Å². The summed E-state index contributed by atoms with van der Waals surface area (Å²) in [5.74, 6) is -0.871. The molecule has 3 rings (SSSR count). The number of thiazole rings is 1. The van der Waals surface area contributed by atoms with Crippen molar-refractivity contribution in [3.05, 3.63) is 79.2 Å². The molecular weight excluding hydrogens is 401 g/mol. The molecule has 0 bridgehead atoms. The number of Topliss-reactive ketones (excluding diaryl/α,β-unsaturated/α-hetero) is 1. The Morgan fingerprint density at radius 1 is 1.27 bits per heavy atom. The second kappa shape index (κ2) is 8.17. The zero-order chi connectivity index (χ0) is 22.1. The zero-order valence-corrected chi connectivity index (χ0v) is 17.9. The van der Waals surface area contributed by atoms with Crippen molar-refractivity contribution in [1.82, 2.24) is 9.55 Å². The number of halogens is 1. The number of aryl methyl sites for hydroxylation is 1. The molecule has 0 N–H and O–H groups in total. The molecule has 0 aliphatic heterocycles. The van der Waals surface area contributed by atoms with Gasteiger partial charge in [0.15, 0.2) is 5.78 Å². The average Bonchev–Trinajstić information content (AvgIpc) is 3.00. The standard InChI is InChI=1S/C23H20FN3O2S/c1-14-8-9-16(12-18(14)24)27-21(29)19(11-15-7-5-6-10-26-15)30-22(27)17(13-25)20(28)23(2,3)4/h5-12H,1-4H3/b19-11+,22-17-. The molecule has 0 atom stereocenters. The molecule has 7 heteroatoms. The Labute approximate surface area is 177 Å². The van der Waals surface area contributed by atoms with E-state index in [1.54, 1.807) is 70.3 Å². The van der Waals surface area contributed by atoms with Crippen LogP contribution < -0.4 is 14.8 Å². The van der Waals surface area contributed by atoms with Gasteiger partial charge in [-0.2, -0.15) is 5.26 Å². The van der Waals surface area contributed by atoms with Crippen LogP contribution in [0.3, 0.4) is 0 Å². The van der Waals surface area contributed by atoms with Crippen molar-refractivity contribution >= 4 is 28.8 Å². The lowest BCUT2D eigenvalue weighted by molar-refractivity contribution is -0.120. The highest BCUT2D eigenvalue weighted by Gasteiger charge is 2.27. The van der Waals surface area contributed by atoms with Crippen LogP contribution in [0, 0.1) is 29.5 Å². The van der Waals surface area contributed by atoms with E-state index in [-0.39, 0.29) is 15.9 Å². The number of pyridine rings is 1. The van der Waals surface area contributed by atoms with E-state index in [0.29, 0.717) is 15.8 Å². The summed E-state index contributed by atoms with van der Waals surface area (Å²) in [7, 11) is 0. The predicted octanol–water partition coefficient (Wildman–Crippen LogP) is 2.86. The molecule has 5 nitrogen and oxygen atoms in total. The summed E-state index contributed by atoms with van der Waals surface area (Å²) < 4.78 is 15.9. The first kappa shape index (κ1) is 21.3. The number of nitrogens with zero attached hydrogens (tertiary/aromatic N) is 3. The minimum absolute atomic E-state index is 0.133. The van der Waals surface area contributed by atoms with Crippen molar-refractivity contribution in [2.24, 2.45) is 5.41 Å². The van der Waals surface area contributed by atoms with Gasteiger partial charge in [-0.25, -0.2) is 4.39 Å². The molecule has 0 aliphatic rings. The van der Waals surface area contributed by atoms with E-state index in [0.717, 1.165) is 11.3 Å². The van der Waals surface area contributed by atoms with Gasteiger partial charge in [-0.15, -0.1) is 11.3 Å². The maximum Gasteiger partial charge on any atom is 0.273 e. The Morgan fingerprint density at radius 3 is 2.57 bits per heavy atom. The van der Waals surface area contributed by atoms with Crippen LogP contribution in [0.5, 0.6) is 0 Å². The number of nitriles is 1. The zero-order valence-electron chi connectivity index (χ0n) is 17.1. The van der Waals surface area contributed by atoms with E-state index in [9.17, 15) is 19.2 Å². The number of hydrogen-bond donors (Lipinski definition) is 0. The maximum absolute atomic E-state index is 14.2. The molecule has 0 radical (unpaired) electrons. The first-order valence-corrected chi connectivity index (χ1v) is 10.1. The quantitative estimate of drug-likeness (QED) is 0.652. The molecule has 0 spiro atoms. The van der Waals surface area contributed by atoms with E-state index < -0.39 is 22.6 Å². The third-order valence-electron chi connectivity index (χ3n) is 4.44. The Bertz CT molecular complexity index is 1340. The minimum Gasteiger partial charge on any atom is -0.293 e. The number of benzene rings is 1. The Hall–Kier alpha value is -3.37. The Kier molecular flexibility index (Phi) is 5.81. The van der Waals surface area contributed by atoms with E-state index in [2.05, 4.69) is 4.98 Å². The second-order valence-electron chi connectivity index (χ2n) is 7.81. The monoisotopic (exact) mass is 421 g/mol.